The van der Waals surface area contributed by atoms with Gasteiger partial charge in [-0.05, 0) is 59.1 Å². The van der Waals surface area contributed by atoms with Crippen LogP contribution in [0, 0.1) is 19.7 Å². The lowest BCUT2D eigenvalue weighted by Crippen LogP contribution is -2.16. The van der Waals surface area contributed by atoms with Crippen molar-refractivity contribution in [2.75, 3.05) is 10.5 Å². The average molecular weight is 374 g/mol. The number of nitrogen functional groups attached to an aromatic ring is 1. The zero-order valence-corrected chi connectivity index (χ0v) is 13.7. The SMILES string of the molecule is Cc1cc(NS(=O)(=O)c2cc(N)c(F)cc2C)ncc1Br. The Bertz CT molecular complexity index is 809. The minimum atomic E-state index is -3.89. The molecule has 2 aromatic rings. The van der Waals surface area contributed by atoms with Crippen LogP contribution in [0.15, 0.2) is 33.8 Å². The number of rotatable bonds is 3. The molecule has 0 amide bonds. The largest absolute Gasteiger partial charge is 0.396 e. The fraction of sp³-hybridized carbons (Fsp3) is 0.154. The molecule has 1 aromatic heterocycles. The lowest BCUT2D eigenvalue weighted by molar-refractivity contribution is 0.599. The van der Waals surface area contributed by atoms with E-state index in [-0.39, 0.29) is 22.0 Å². The predicted octanol–water partition coefficient (Wildman–Crippen LogP) is 2.98. The Kier molecular flexibility index (Phi) is 4.20. The number of pyridine rings is 1. The molecule has 3 N–H and O–H groups in total. The smallest absolute Gasteiger partial charge is 0.263 e. The molecule has 0 saturated heterocycles. The van der Waals surface area contributed by atoms with Crippen molar-refractivity contribution in [1.29, 1.82) is 0 Å². The summed E-state index contributed by atoms with van der Waals surface area (Å²) in [5.74, 6) is -0.470. The number of hydrogen-bond donors (Lipinski definition) is 2. The fourth-order valence-electron chi connectivity index (χ4n) is 1.75. The first-order chi connectivity index (χ1) is 9.70. The summed E-state index contributed by atoms with van der Waals surface area (Å²) in [4.78, 5) is 3.90. The third-order valence-corrected chi connectivity index (χ3v) is 5.20. The summed E-state index contributed by atoms with van der Waals surface area (Å²) in [6, 6.07) is 3.77. The second kappa shape index (κ2) is 5.61. The molecule has 0 aliphatic carbocycles. The van der Waals surface area contributed by atoms with E-state index in [0.29, 0.717) is 0 Å². The first kappa shape index (κ1) is 15.7. The van der Waals surface area contributed by atoms with E-state index in [9.17, 15) is 12.8 Å². The van der Waals surface area contributed by atoms with E-state index < -0.39 is 15.8 Å². The van der Waals surface area contributed by atoms with Gasteiger partial charge < -0.3 is 5.73 Å². The number of halogens is 2. The number of aryl methyl sites for hydroxylation is 2. The highest BCUT2D eigenvalue weighted by molar-refractivity contribution is 9.10. The molecular formula is C13H13BrFN3O2S. The van der Waals surface area contributed by atoms with E-state index in [2.05, 4.69) is 25.6 Å². The van der Waals surface area contributed by atoms with E-state index in [1.807, 2.05) is 6.92 Å². The van der Waals surface area contributed by atoms with Gasteiger partial charge in [-0.3, -0.25) is 4.72 Å². The van der Waals surface area contributed by atoms with Crippen molar-refractivity contribution in [2.45, 2.75) is 18.7 Å². The molecule has 0 aliphatic heterocycles. The average Bonchev–Trinajstić information content (AvgIpc) is 2.37. The highest BCUT2D eigenvalue weighted by Gasteiger charge is 2.19. The quantitative estimate of drug-likeness (QED) is 0.809. The molecule has 0 spiro atoms. The molecular weight excluding hydrogens is 361 g/mol. The van der Waals surface area contributed by atoms with E-state index >= 15 is 0 Å². The van der Waals surface area contributed by atoms with Gasteiger partial charge in [0.05, 0.1) is 10.6 Å². The Morgan fingerprint density at radius 2 is 1.90 bits per heavy atom. The zero-order chi connectivity index (χ0) is 15.8. The van der Waals surface area contributed by atoms with Crippen LogP contribution in [0.4, 0.5) is 15.9 Å². The van der Waals surface area contributed by atoms with Crippen LogP contribution >= 0.6 is 15.9 Å². The topological polar surface area (TPSA) is 85.1 Å². The Balaban J connectivity index is 2.43. The van der Waals surface area contributed by atoms with Crippen LogP contribution in [0.2, 0.25) is 0 Å². The second-order valence-corrected chi connectivity index (χ2v) is 7.07. The minimum Gasteiger partial charge on any atom is -0.396 e. The molecule has 0 bridgehead atoms. The number of anilines is 2. The van der Waals surface area contributed by atoms with Crippen molar-refractivity contribution in [3.63, 3.8) is 0 Å². The van der Waals surface area contributed by atoms with Crippen LogP contribution in [-0.4, -0.2) is 13.4 Å². The van der Waals surface area contributed by atoms with Crippen molar-refractivity contribution in [1.82, 2.24) is 4.98 Å². The molecule has 0 atom stereocenters. The molecule has 0 radical (unpaired) electrons. The van der Waals surface area contributed by atoms with Crippen LogP contribution in [0.5, 0.6) is 0 Å². The second-order valence-electron chi connectivity index (χ2n) is 4.56. The van der Waals surface area contributed by atoms with E-state index in [0.717, 1.165) is 22.2 Å². The molecule has 0 saturated carbocycles. The maximum atomic E-state index is 13.3. The molecule has 0 aliphatic rings. The summed E-state index contributed by atoms with van der Waals surface area (Å²) in [6.45, 7) is 3.31. The summed E-state index contributed by atoms with van der Waals surface area (Å²) in [5.41, 5.74) is 6.31. The summed E-state index contributed by atoms with van der Waals surface area (Å²) in [7, 11) is -3.89. The van der Waals surface area contributed by atoms with Crippen LogP contribution in [-0.2, 0) is 10.0 Å². The zero-order valence-electron chi connectivity index (χ0n) is 11.3. The van der Waals surface area contributed by atoms with Gasteiger partial charge >= 0.3 is 0 Å². The van der Waals surface area contributed by atoms with E-state index in [4.69, 9.17) is 5.73 Å². The maximum absolute atomic E-state index is 13.3. The first-order valence-electron chi connectivity index (χ1n) is 5.91. The summed E-state index contributed by atoms with van der Waals surface area (Å²) >= 11 is 3.29. The first-order valence-corrected chi connectivity index (χ1v) is 8.19. The molecule has 8 heteroatoms. The van der Waals surface area contributed by atoms with E-state index in [1.165, 1.54) is 13.1 Å². The molecule has 0 unspecified atom stereocenters. The number of sulfonamides is 1. The Hall–Kier alpha value is -1.67. The third kappa shape index (κ3) is 3.33. The van der Waals surface area contributed by atoms with Gasteiger partial charge in [-0.1, -0.05) is 0 Å². The monoisotopic (exact) mass is 373 g/mol. The molecule has 0 fully saturated rings. The Morgan fingerprint density at radius 3 is 2.52 bits per heavy atom. The molecule has 5 nitrogen and oxygen atoms in total. The normalized spacial score (nSPS) is 11.4. The maximum Gasteiger partial charge on any atom is 0.263 e. The number of nitrogens with one attached hydrogen (secondary N) is 1. The van der Waals surface area contributed by atoms with Crippen molar-refractivity contribution >= 4 is 37.5 Å². The van der Waals surface area contributed by atoms with Gasteiger partial charge in [0.15, 0.2) is 0 Å². The number of aromatic nitrogens is 1. The van der Waals surface area contributed by atoms with Crippen LogP contribution in [0.3, 0.4) is 0 Å². The number of hydrogen-bond acceptors (Lipinski definition) is 4. The molecule has 1 heterocycles. The van der Waals surface area contributed by atoms with Crippen LogP contribution in [0.25, 0.3) is 0 Å². The van der Waals surface area contributed by atoms with E-state index in [1.54, 1.807) is 6.07 Å². The van der Waals surface area contributed by atoms with Crippen molar-refractivity contribution in [3.05, 3.63) is 45.8 Å². The van der Waals surface area contributed by atoms with Crippen LogP contribution in [0.1, 0.15) is 11.1 Å². The summed E-state index contributed by atoms with van der Waals surface area (Å²) in [5, 5.41) is 0. The predicted molar refractivity (Wildman–Crippen MR) is 83.0 cm³/mol. The summed E-state index contributed by atoms with van der Waals surface area (Å²) in [6.07, 6.45) is 1.50. The lowest BCUT2D eigenvalue weighted by Gasteiger charge is -2.11. The molecule has 2 rings (SSSR count). The van der Waals surface area contributed by atoms with Gasteiger partial charge in [-0.25, -0.2) is 17.8 Å². The molecule has 112 valence electrons. The highest BCUT2D eigenvalue weighted by atomic mass is 79.9. The Labute approximate surface area is 130 Å². The van der Waals surface area contributed by atoms with Gasteiger partial charge in [0.2, 0.25) is 0 Å². The van der Waals surface area contributed by atoms with Gasteiger partial charge in [0.1, 0.15) is 11.6 Å². The van der Waals surface area contributed by atoms with Gasteiger partial charge in [0, 0.05) is 10.7 Å². The van der Waals surface area contributed by atoms with Gasteiger partial charge in [-0.2, -0.15) is 0 Å². The Morgan fingerprint density at radius 1 is 1.24 bits per heavy atom. The fourth-order valence-corrected chi connectivity index (χ4v) is 3.22. The van der Waals surface area contributed by atoms with Crippen molar-refractivity contribution in [2.24, 2.45) is 0 Å². The number of nitrogens with zero attached hydrogens (tertiary/aromatic N) is 1. The molecule has 21 heavy (non-hydrogen) atoms. The number of benzene rings is 1. The van der Waals surface area contributed by atoms with Crippen molar-refractivity contribution in [3.8, 4) is 0 Å². The highest BCUT2D eigenvalue weighted by Crippen LogP contribution is 2.24. The lowest BCUT2D eigenvalue weighted by atomic mass is 10.2. The minimum absolute atomic E-state index is 0.0798. The third-order valence-electron chi connectivity index (χ3n) is 2.87. The standard InChI is InChI=1S/C13H13BrFN3O2S/c1-7-4-13(17-6-9(7)14)18-21(19,20)12-5-11(16)10(15)3-8(12)2/h3-6H,16H2,1-2H3,(H,17,18). The summed E-state index contributed by atoms with van der Waals surface area (Å²) < 4.78 is 41.1. The van der Waals surface area contributed by atoms with Crippen LogP contribution < -0.4 is 10.5 Å². The van der Waals surface area contributed by atoms with Crippen molar-refractivity contribution < 1.29 is 12.8 Å². The molecule has 1 aromatic carbocycles. The number of nitrogens with two attached hydrogens (primary N) is 1. The van der Waals surface area contributed by atoms with Gasteiger partial charge in [0.25, 0.3) is 10.0 Å². The van der Waals surface area contributed by atoms with Gasteiger partial charge in [-0.15, -0.1) is 0 Å².